The van der Waals surface area contributed by atoms with Gasteiger partial charge in [-0.3, -0.25) is 4.79 Å². The highest BCUT2D eigenvalue weighted by Crippen LogP contribution is 2.45. The number of anilines is 1. The number of fused-ring (bicyclic) bond motifs is 1. The molecule has 4 aromatic rings. The highest BCUT2D eigenvalue weighted by Gasteiger charge is 2.30. The number of nitrogen functional groups attached to an aromatic ring is 1. The van der Waals surface area contributed by atoms with Crippen LogP contribution in [0.15, 0.2) is 48.8 Å². The van der Waals surface area contributed by atoms with Gasteiger partial charge in [0, 0.05) is 28.6 Å². The van der Waals surface area contributed by atoms with Crippen molar-refractivity contribution in [3.05, 3.63) is 65.1 Å². The van der Waals surface area contributed by atoms with Crippen LogP contribution in [0.3, 0.4) is 0 Å². The van der Waals surface area contributed by atoms with E-state index in [1.165, 1.54) is 6.33 Å². The summed E-state index contributed by atoms with van der Waals surface area (Å²) in [4.78, 5) is 15.8. The number of aliphatic carboxylic acids is 1. The average molecular weight is 507 g/mol. The molecule has 5 rings (SSSR count). The number of aromatic nitrogens is 3. The molecule has 1 aliphatic carbocycles. The molecule has 8 nitrogen and oxygen atoms in total. The molecule has 0 amide bonds. The average Bonchev–Trinajstić information content (AvgIpc) is 3.49. The van der Waals surface area contributed by atoms with Crippen molar-refractivity contribution in [3.63, 3.8) is 0 Å². The van der Waals surface area contributed by atoms with Crippen LogP contribution in [-0.2, 0) is 11.2 Å². The van der Waals surface area contributed by atoms with Gasteiger partial charge in [-0.25, -0.2) is 9.50 Å². The Balaban J connectivity index is 1.68. The summed E-state index contributed by atoms with van der Waals surface area (Å²) in [6.45, 7) is 0. The molecule has 0 bridgehead atoms. The Bertz CT molecular complexity index is 1430. The van der Waals surface area contributed by atoms with Crippen molar-refractivity contribution in [3.8, 4) is 28.4 Å². The van der Waals surface area contributed by atoms with Crippen molar-refractivity contribution in [1.82, 2.24) is 14.6 Å². The van der Waals surface area contributed by atoms with Crippen molar-refractivity contribution >= 4 is 28.9 Å². The second-order valence-electron chi connectivity index (χ2n) is 8.94. The third-order valence-corrected chi connectivity index (χ3v) is 6.94. The summed E-state index contributed by atoms with van der Waals surface area (Å²) in [6, 6.07) is 12.8. The first kappa shape index (κ1) is 23.9. The quantitative estimate of drug-likeness (QED) is 0.296. The molecule has 2 aromatic heterocycles. The lowest BCUT2D eigenvalue weighted by atomic mass is 9.92. The van der Waals surface area contributed by atoms with E-state index >= 15 is 0 Å². The Labute approximate surface area is 213 Å². The monoisotopic (exact) mass is 506 g/mol. The number of methoxy groups -OCH3 is 1. The molecule has 1 saturated carbocycles. The topological polar surface area (TPSA) is 112 Å². The van der Waals surface area contributed by atoms with Crippen molar-refractivity contribution in [1.29, 1.82) is 0 Å². The van der Waals surface area contributed by atoms with Crippen LogP contribution < -0.4 is 15.2 Å². The van der Waals surface area contributed by atoms with Crippen molar-refractivity contribution in [2.24, 2.45) is 0 Å². The maximum atomic E-state index is 11.6. The molecular formula is C27H27ClN4O4. The van der Waals surface area contributed by atoms with Gasteiger partial charge < -0.3 is 20.3 Å². The lowest BCUT2D eigenvalue weighted by Gasteiger charge is -2.14. The highest BCUT2D eigenvalue weighted by atomic mass is 35.5. The summed E-state index contributed by atoms with van der Waals surface area (Å²) >= 11 is 6.11. The first-order valence-corrected chi connectivity index (χ1v) is 12.3. The lowest BCUT2D eigenvalue weighted by molar-refractivity contribution is -0.136. The minimum atomic E-state index is -0.851. The van der Waals surface area contributed by atoms with Crippen molar-refractivity contribution in [2.45, 2.75) is 44.4 Å². The normalized spacial score (nSPS) is 13.8. The fraction of sp³-hybridized carbons (Fsp3) is 0.296. The minimum Gasteiger partial charge on any atom is -0.493 e. The van der Waals surface area contributed by atoms with Gasteiger partial charge in [0.1, 0.15) is 17.6 Å². The standard InChI is InChI=1S/C27H27ClN4O4/c1-35-22-13-17(9-11-21(22)36-19-8-4-7-18(28)14-19)24-20(10-12-23(33)34)25(16-5-2-3-6-16)32-26(24)27(29)30-15-31-32/h4,7-9,11,13-16H,2-3,5-6,10,12H2,1H3,(H,33,34)(H2,29,30,31). The van der Waals surface area contributed by atoms with Crippen LogP contribution in [0.4, 0.5) is 5.82 Å². The number of hydrogen-bond acceptors (Lipinski definition) is 6. The van der Waals surface area contributed by atoms with Crippen LogP contribution >= 0.6 is 11.6 Å². The summed E-state index contributed by atoms with van der Waals surface area (Å²) in [6.07, 6.45) is 6.15. The summed E-state index contributed by atoms with van der Waals surface area (Å²) in [5.74, 6) is 1.42. The molecule has 0 unspecified atom stereocenters. The number of nitrogens with zero attached hydrogens (tertiary/aromatic N) is 3. The zero-order valence-corrected chi connectivity index (χ0v) is 20.7. The highest BCUT2D eigenvalue weighted by molar-refractivity contribution is 6.30. The molecule has 9 heteroatoms. The van der Waals surface area contributed by atoms with Crippen LogP contribution in [0.5, 0.6) is 17.2 Å². The van der Waals surface area contributed by atoms with Gasteiger partial charge in [0.2, 0.25) is 0 Å². The number of nitrogens with two attached hydrogens (primary N) is 1. The smallest absolute Gasteiger partial charge is 0.303 e. The number of carboxylic acid groups (broad SMARTS) is 1. The van der Waals surface area contributed by atoms with E-state index in [9.17, 15) is 9.90 Å². The molecule has 1 aliphatic rings. The molecule has 2 aromatic carbocycles. The Morgan fingerprint density at radius 1 is 1.19 bits per heavy atom. The third-order valence-electron chi connectivity index (χ3n) is 6.70. The Kier molecular flexibility index (Phi) is 6.69. The molecule has 0 spiro atoms. The van der Waals surface area contributed by atoms with E-state index in [2.05, 4.69) is 10.1 Å². The number of halogens is 1. The molecule has 0 atom stereocenters. The summed E-state index contributed by atoms with van der Waals surface area (Å²) in [5.41, 5.74) is 10.7. The van der Waals surface area contributed by atoms with Gasteiger partial charge in [0.05, 0.1) is 7.11 Å². The first-order valence-electron chi connectivity index (χ1n) is 11.9. The zero-order valence-electron chi connectivity index (χ0n) is 19.9. The Morgan fingerprint density at radius 2 is 2.00 bits per heavy atom. The molecule has 36 heavy (non-hydrogen) atoms. The zero-order chi connectivity index (χ0) is 25.2. The number of rotatable bonds is 8. The number of ether oxygens (including phenoxy) is 2. The largest absolute Gasteiger partial charge is 0.493 e. The number of hydrogen-bond donors (Lipinski definition) is 2. The predicted molar refractivity (Wildman–Crippen MR) is 138 cm³/mol. The second kappa shape index (κ2) is 10.1. The summed E-state index contributed by atoms with van der Waals surface area (Å²) < 4.78 is 13.6. The molecule has 2 heterocycles. The SMILES string of the molecule is COc1cc(-c2c(CCC(=O)O)c(C3CCCC3)n3ncnc(N)c23)ccc1Oc1cccc(Cl)c1. The molecule has 0 radical (unpaired) electrons. The van der Waals surface area contributed by atoms with Crippen LogP contribution in [0.1, 0.15) is 49.3 Å². The second-order valence-corrected chi connectivity index (χ2v) is 9.38. The molecule has 3 N–H and O–H groups in total. The molecule has 0 saturated heterocycles. The van der Waals surface area contributed by atoms with Crippen LogP contribution in [0.2, 0.25) is 5.02 Å². The Morgan fingerprint density at radius 3 is 2.72 bits per heavy atom. The van der Waals surface area contributed by atoms with Crippen molar-refractivity contribution in [2.75, 3.05) is 12.8 Å². The Hall–Kier alpha value is -3.78. The van der Waals surface area contributed by atoms with E-state index in [4.69, 9.17) is 26.8 Å². The van der Waals surface area contributed by atoms with Crippen LogP contribution in [0.25, 0.3) is 16.6 Å². The summed E-state index contributed by atoms with van der Waals surface area (Å²) in [5, 5.41) is 14.6. The van der Waals surface area contributed by atoms with E-state index in [1.54, 1.807) is 19.2 Å². The number of benzene rings is 2. The maximum absolute atomic E-state index is 11.6. The number of carbonyl (C=O) groups is 1. The third kappa shape index (κ3) is 4.56. The van der Waals surface area contributed by atoms with E-state index in [-0.39, 0.29) is 12.3 Å². The lowest BCUT2D eigenvalue weighted by Crippen LogP contribution is -2.07. The minimum absolute atomic E-state index is 0.00400. The van der Waals surface area contributed by atoms with Crippen LogP contribution in [0, 0.1) is 0 Å². The molecule has 186 valence electrons. The molecular weight excluding hydrogens is 480 g/mol. The molecule has 0 aliphatic heterocycles. The van der Waals surface area contributed by atoms with Gasteiger partial charge in [0.25, 0.3) is 0 Å². The molecule has 1 fully saturated rings. The van der Waals surface area contributed by atoms with E-state index < -0.39 is 5.97 Å². The number of carboxylic acids is 1. The fourth-order valence-corrected chi connectivity index (χ4v) is 5.34. The van der Waals surface area contributed by atoms with Gasteiger partial charge >= 0.3 is 5.97 Å². The van der Waals surface area contributed by atoms with Gasteiger partial charge in [-0.1, -0.05) is 36.6 Å². The predicted octanol–water partition coefficient (Wildman–Crippen LogP) is 6.11. The fourth-order valence-electron chi connectivity index (χ4n) is 5.16. The van der Waals surface area contributed by atoms with Crippen LogP contribution in [-0.4, -0.2) is 32.8 Å². The van der Waals surface area contributed by atoms with Gasteiger partial charge in [0.15, 0.2) is 17.3 Å². The van der Waals surface area contributed by atoms with E-state index in [0.29, 0.717) is 40.0 Å². The van der Waals surface area contributed by atoms with Crippen molar-refractivity contribution < 1.29 is 19.4 Å². The van der Waals surface area contributed by atoms with E-state index in [1.807, 2.05) is 34.8 Å². The van der Waals surface area contributed by atoms with Gasteiger partial charge in [-0.15, -0.1) is 0 Å². The maximum Gasteiger partial charge on any atom is 0.303 e. The first-order chi connectivity index (χ1) is 17.5. The summed E-state index contributed by atoms with van der Waals surface area (Å²) in [7, 11) is 1.58. The van der Waals surface area contributed by atoms with Gasteiger partial charge in [-0.2, -0.15) is 5.10 Å². The van der Waals surface area contributed by atoms with Gasteiger partial charge in [-0.05, 0) is 60.7 Å². The van der Waals surface area contributed by atoms with E-state index in [0.717, 1.165) is 48.1 Å².